The molecule has 0 unspecified atom stereocenters. The zero-order valence-electron chi connectivity index (χ0n) is 16.3. The lowest BCUT2D eigenvalue weighted by Crippen LogP contribution is -2.25. The number of carboxylic acid groups (broad SMARTS) is 1. The molecule has 1 N–H and O–H groups in total. The highest BCUT2D eigenvalue weighted by Crippen LogP contribution is 2.17. The molecule has 0 aromatic heterocycles. The first kappa shape index (κ1) is 20.1. The van der Waals surface area contributed by atoms with E-state index >= 15 is 0 Å². The smallest absolute Gasteiger partial charge is 0.335 e. The maximum atomic E-state index is 11.0. The van der Waals surface area contributed by atoms with Crippen LogP contribution < -0.4 is 0 Å². The van der Waals surface area contributed by atoms with E-state index in [2.05, 4.69) is 37.3 Å². The third kappa shape index (κ3) is 5.65. The molecule has 4 nitrogen and oxygen atoms in total. The van der Waals surface area contributed by atoms with Gasteiger partial charge in [0.25, 0.3) is 0 Å². The van der Waals surface area contributed by atoms with Gasteiger partial charge < -0.3 is 5.11 Å². The van der Waals surface area contributed by atoms with Gasteiger partial charge in [0.2, 0.25) is 0 Å². The summed E-state index contributed by atoms with van der Waals surface area (Å²) < 4.78 is 0. The minimum absolute atomic E-state index is 0.304. The molecular formula is C24H27NO3. The summed E-state index contributed by atoms with van der Waals surface area (Å²) in [5, 5.41) is 13.5. The molecule has 0 heterocycles. The number of benzene rings is 3. The van der Waals surface area contributed by atoms with E-state index in [1.54, 1.807) is 12.1 Å². The molecule has 3 rings (SSSR count). The first-order valence-corrected chi connectivity index (χ1v) is 9.83. The van der Waals surface area contributed by atoms with E-state index in [1.807, 2.05) is 29.3 Å². The number of carboxylic acids is 1. The summed E-state index contributed by atoms with van der Waals surface area (Å²) in [6, 6.07) is 21.7. The number of unbranched alkanes of at least 4 members (excludes halogenated alkanes) is 2. The number of fused-ring (bicyclic) bond motifs is 1. The lowest BCUT2D eigenvalue weighted by atomic mass is 10.1. The van der Waals surface area contributed by atoms with Gasteiger partial charge in [0.15, 0.2) is 0 Å². The van der Waals surface area contributed by atoms with E-state index in [-0.39, 0.29) is 0 Å². The first-order valence-electron chi connectivity index (χ1n) is 9.83. The number of hydrogen-bond donors (Lipinski definition) is 1. The highest BCUT2D eigenvalue weighted by atomic mass is 16.7. The number of carbonyl (C=O) groups is 1. The Labute approximate surface area is 166 Å². The zero-order valence-corrected chi connectivity index (χ0v) is 16.3. The van der Waals surface area contributed by atoms with Crippen LogP contribution in [0.4, 0.5) is 0 Å². The lowest BCUT2D eigenvalue weighted by molar-refractivity contribution is -0.177. The van der Waals surface area contributed by atoms with Crippen molar-refractivity contribution in [3.05, 3.63) is 83.4 Å². The van der Waals surface area contributed by atoms with Crippen LogP contribution in [0.3, 0.4) is 0 Å². The van der Waals surface area contributed by atoms with Gasteiger partial charge in [-0.2, -0.15) is 5.06 Å². The van der Waals surface area contributed by atoms with Crippen LogP contribution >= 0.6 is 0 Å². The first-order chi connectivity index (χ1) is 13.7. The van der Waals surface area contributed by atoms with E-state index < -0.39 is 5.97 Å². The Kier molecular flexibility index (Phi) is 7.18. The third-order valence-electron chi connectivity index (χ3n) is 4.80. The van der Waals surface area contributed by atoms with Crippen LogP contribution in [0.15, 0.2) is 66.7 Å². The average molecular weight is 377 g/mol. The van der Waals surface area contributed by atoms with Gasteiger partial charge in [-0.25, -0.2) is 4.79 Å². The van der Waals surface area contributed by atoms with Crippen molar-refractivity contribution < 1.29 is 14.7 Å². The summed E-state index contributed by atoms with van der Waals surface area (Å²) in [5.41, 5.74) is 2.48. The molecular weight excluding hydrogens is 350 g/mol. The van der Waals surface area contributed by atoms with E-state index in [0.29, 0.717) is 18.7 Å². The second-order valence-corrected chi connectivity index (χ2v) is 7.03. The van der Waals surface area contributed by atoms with Crippen LogP contribution in [0.25, 0.3) is 10.8 Å². The van der Waals surface area contributed by atoms with Gasteiger partial charge in [0.05, 0.1) is 12.2 Å². The Hall–Kier alpha value is -2.69. The minimum Gasteiger partial charge on any atom is -0.478 e. The van der Waals surface area contributed by atoms with Crippen LogP contribution in [0.1, 0.15) is 47.7 Å². The summed E-state index contributed by atoms with van der Waals surface area (Å²) in [5.74, 6) is -0.904. The van der Waals surface area contributed by atoms with Crippen LogP contribution in [0.5, 0.6) is 0 Å². The molecule has 0 spiro atoms. The number of aromatic carboxylic acids is 1. The van der Waals surface area contributed by atoms with Crippen molar-refractivity contribution >= 4 is 16.7 Å². The fourth-order valence-corrected chi connectivity index (χ4v) is 3.18. The van der Waals surface area contributed by atoms with Gasteiger partial charge in [-0.05, 0) is 46.5 Å². The summed E-state index contributed by atoms with van der Waals surface area (Å²) >= 11 is 0. The van der Waals surface area contributed by atoms with Gasteiger partial charge in [-0.3, -0.25) is 4.84 Å². The van der Waals surface area contributed by atoms with Crippen molar-refractivity contribution in [1.82, 2.24) is 5.06 Å². The molecule has 0 radical (unpaired) electrons. The molecule has 0 aliphatic carbocycles. The predicted molar refractivity (Wildman–Crippen MR) is 112 cm³/mol. The molecule has 0 atom stereocenters. The largest absolute Gasteiger partial charge is 0.478 e. The second kappa shape index (κ2) is 10.0. The highest BCUT2D eigenvalue weighted by Gasteiger charge is 2.09. The van der Waals surface area contributed by atoms with Crippen molar-refractivity contribution in [3.63, 3.8) is 0 Å². The van der Waals surface area contributed by atoms with Crippen LogP contribution in [-0.4, -0.2) is 22.7 Å². The maximum Gasteiger partial charge on any atom is 0.335 e. The molecule has 0 saturated heterocycles. The zero-order chi connectivity index (χ0) is 19.8. The molecule has 4 heteroatoms. The third-order valence-corrected chi connectivity index (χ3v) is 4.80. The van der Waals surface area contributed by atoms with Crippen LogP contribution in [0, 0.1) is 0 Å². The summed E-state index contributed by atoms with van der Waals surface area (Å²) in [7, 11) is 0. The monoisotopic (exact) mass is 377 g/mol. The van der Waals surface area contributed by atoms with E-state index in [9.17, 15) is 4.79 Å². The Morgan fingerprint density at radius 2 is 1.64 bits per heavy atom. The molecule has 0 amide bonds. The average Bonchev–Trinajstić information content (AvgIpc) is 2.72. The van der Waals surface area contributed by atoms with Crippen molar-refractivity contribution in [1.29, 1.82) is 0 Å². The van der Waals surface area contributed by atoms with Crippen molar-refractivity contribution in [3.8, 4) is 0 Å². The Morgan fingerprint density at radius 3 is 2.36 bits per heavy atom. The van der Waals surface area contributed by atoms with Crippen LogP contribution in [-0.2, 0) is 18.0 Å². The molecule has 0 bridgehead atoms. The van der Waals surface area contributed by atoms with E-state index in [1.165, 1.54) is 10.8 Å². The fourth-order valence-electron chi connectivity index (χ4n) is 3.18. The maximum absolute atomic E-state index is 11.0. The Morgan fingerprint density at radius 1 is 0.929 bits per heavy atom. The lowest BCUT2D eigenvalue weighted by Gasteiger charge is -2.22. The molecule has 3 aromatic carbocycles. The van der Waals surface area contributed by atoms with Gasteiger partial charge in [-0.1, -0.05) is 68.3 Å². The minimum atomic E-state index is -0.904. The number of hydrogen-bond acceptors (Lipinski definition) is 3. The van der Waals surface area contributed by atoms with Gasteiger partial charge >= 0.3 is 5.97 Å². The van der Waals surface area contributed by atoms with Gasteiger partial charge in [-0.15, -0.1) is 0 Å². The molecule has 3 aromatic rings. The molecule has 0 aliphatic heterocycles. The van der Waals surface area contributed by atoms with Gasteiger partial charge in [0.1, 0.15) is 0 Å². The Balaban J connectivity index is 1.65. The quantitative estimate of drug-likeness (QED) is 0.366. The predicted octanol–water partition coefficient (Wildman–Crippen LogP) is 5.66. The normalized spacial score (nSPS) is 11.2. The van der Waals surface area contributed by atoms with Gasteiger partial charge in [0, 0.05) is 13.1 Å². The summed E-state index contributed by atoms with van der Waals surface area (Å²) in [4.78, 5) is 17.1. The molecule has 28 heavy (non-hydrogen) atoms. The number of rotatable bonds is 10. The Bertz CT molecular complexity index is 905. The van der Waals surface area contributed by atoms with E-state index in [4.69, 9.17) is 9.94 Å². The van der Waals surface area contributed by atoms with E-state index in [0.717, 1.165) is 36.9 Å². The number of nitrogens with zero attached hydrogens (tertiary/aromatic N) is 1. The molecule has 146 valence electrons. The topological polar surface area (TPSA) is 49.8 Å². The molecule has 0 aliphatic rings. The summed E-state index contributed by atoms with van der Waals surface area (Å²) in [6.07, 6.45) is 3.39. The fraction of sp³-hybridized carbons (Fsp3) is 0.292. The SMILES string of the molecule is CCCCCN(Cc1ccc(C(=O)O)cc1)OCc1ccc2ccccc2c1. The van der Waals surface area contributed by atoms with Crippen LogP contribution in [0.2, 0.25) is 0 Å². The number of hydroxylamine groups is 2. The second-order valence-electron chi connectivity index (χ2n) is 7.03. The van der Waals surface area contributed by atoms with Crippen molar-refractivity contribution in [2.45, 2.75) is 39.3 Å². The van der Waals surface area contributed by atoms with Crippen molar-refractivity contribution in [2.75, 3.05) is 6.54 Å². The molecule has 0 saturated carbocycles. The molecule has 0 fully saturated rings. The highest BCUT2D eigenvalue weighted by molar-refractivity contribution is 5.87. The van der Waals surface area contributed by atoms with Crippen molar-refractivity contribution in [2.24, 2.45) is 0 Å². The summed E-state index contributed by atoms with van der Waals surface area (Å²) in [6.45, 7) is 4.19. The standard InChI is InChI=1S/C24H27NO3/c1-2-3-6-15-25(17-19-9-13-22(14-10-19)24(26)27)28-18-20-11-12-21-7-4-5-8-23(21)16-20/h4-5,7-14,16H,2-3,6,15,17-18H2,1H3,(H,26,27).